The number of piperidine rings is 1. The number of aryl methyl sites for hydroxylation is 1. The van der Waals surface area contributed by atoms with Gasteiger partial charge in [0.05, 0.1) is 12.5 Å². The number of rotatable bonds is 6. The van der Waals surface area contributed by atoms with Gasteiger partial charge in [-0.15, -0.1) is 0 Å². The highest BCUT2D eigenvalue weighted by Gasteiger charge is 2.49. The Morgan fingerprint density at radius 1 is 1.29 bits per heavy atom. The molecule has 0 bridgehead atoms. The lowest BCUT2D eigenvalue weighted by Crippen LogP contribution is -2.51. The fourth-order valence-corrected chi connectivity index (χ4v) is 5.82. The Morgan fingerprint density at radius 2 is 2.00 bits per heavy atom. The molecule has 0 amide bonds. The Balaban J connectivity index is 1.41. The van der Waals surface area contributed by atoms with E-state index in [1.165, 1.54) is 29.9 Å². The van der Waals surface area contributed by atoms with Crippen LogP contribution in [0.25, 0.3) is 0 Å². The van der Waals surface area contributed by atoms with Gasteiger partial charge in [0, 0.05) is 45.2 Å². The van der Waals surface area contributed by atoms with Crippen LogP contribution in [0.3, 0.4) is 0 Å². The SMILES string of the molecule is Cn1cnc(S(=O)(=O)N2CCC(Nc3ncc(C#N)c(O[C@@H]4CCC(F)(F)C[C@]4(C)O)n3)CC2)c1. The second-order valence-electron chi connectivity index (χ2n) is 9.26. The third kappa shape index (κ3) is 5.52. The summed E-state index contributed by atoms with van der Waals surface area (Å²) >= 11 is 0. The van der Waals surface area contributed by atoms with E-state index < -0.39 is 40.5 Å². The van der Waals surface area contributed by atoms with Crippen molar-refractivity contribution in [2.24, 2.45) is 7.05 Å². The second kappa shape index (κ2) is 9.29. The van der Waals surface area contributed by atoms with Crippen LogP contribution in [0, 0.1) is 11.3 Å². The molecule has 2 aliphatic rings. The topological polar surface area (TPSA) is 146 Å². The average Bonchev–Trinajstić information content (AvgIpc) is 3.23. The van der Waals surface area contributed by atoms with Gasteiger partial charge in [-0.05, 0) is 26.2 Å². The smallest absolute Gasteiger partial charge is 0.262 e. The van der Waals surface area contributed by atoms with E-state index in [0.717, 1.165) is 0 Å². The maximum atomic E-state index is 13.7. The Kier molecular flexibility index (Phi) is 6.69. The van der Waals surface area contributed by atoms with Crippen molar-refractivity contribution in [1.82, 2.24) is 23.8 Å². The highest BCUT2D eigenvalue weighted by molar-refractivity contribution is 7.89. The summed E-state index contributed by atoms with van der Waals surface area (Å²) in [5.41, 5.74) is -1.78. The monoisotopic (exact) mass is 511 g/mol. The fraction of sp³-hybridized carbons (Fsp3) is 0.619. The van der Waals surface area contributed by atoms with Crippen molar-refractivity contribution < 1.29 is 27.0 Å². The first-order valence-corrected chi connectivity index (χ1v) is 12.6. The number of ether oxygens (including phenoxy) is 1. The van der Waals surface area contributed by atoms with E-state index in [0.29, 0.717) is 12.8 Å². The number of aromatic nitrogens is 4. The number of aliphatic hydroxyl groups is 1. The van der Waals surface area contributed by atoms with Gasteiger partial charge in [0.15, 0.2) is 5.03 Å². The zero-order valence-corrected chi connectivity index (χ0v) is 20.2. The minimum absolute atomic E-state index is 0.0000149. The summed E-state index contributed by atoms with van der Waals surface area (Å²) in [6, 6.07) is 1.77. The number of anilines is 1. The molecule has 14 heteroatoms. The van der Waals surface area contributed by atoms with Crippen LogP contribution < -0.4 is 10.1 Å². The molecule has 2 N–H and O–H groups in total. The molecule has 4 rings (SSSR count). The molecule has 0 unspecified atom stereocenters. The van der Waals surface area contributed by atoms with Crippen molar-refractivity contribution in [1.29, 1.82) is 5.26 Å². The van der Waals surface area contributed by atoms with Crippen molar-refractivity contribution in [3.8, 4) is 11.9 Å². The van der Waals surface area contributed by atoms with E-state index >= 15 is 0 Å². The number of halogens is 2. The standard InChI is InChI=1S/C21H27F2N7O4S/c1-20(31)12-21(22,23)6-3-16(20)34-18-14(9-24)10-25-19(28-18)27-15-4-7-30(8-5-15)35(32,33)17-11-29(2)13-26-17/h10-11,13,15-16,31H,3-8,12H2,1-2H3,(H,25,27,28)/t16-,20+/m1/s1. The van der Waals surface area contributed by atoms with Crippen molar-refractivity contribution in [2.45, 2.75) is 67.7 Å². The normalized spacial score (nSPS) is 25.7. The Morgan fingerprint density at radius 3 is 2.60 bits per heavy atom. The third-order valence-corrected chi connectivity index (χ3v) is 8.07. The molecular weight excluding hydrogens is 484 g/mol. The average molecular weight is 512 g/mol. The van der Waals surface area contributed by atoms with Crippen LogP contribution in [0.2, 0.25) is 0 Å². The van der Waals surface area contributed by atoms with Crippen LogP contribution in [0.15, 0.2) is 23.7 Å². The van der Waals surface area contributed by atoms with Crippen LogP contribution in [0.1, 0.15) is 44.6 Å². The molecule has 0 aromatic carbocycles. The minimum Gasteiger partial charge on any atom is -0.470 e. The van der Waals surface area contributed by atoms with E-state index in [1.54, 1.807) is 11.6 Å². The first kappa shape index (κ1) is 25.2. The van der Waals surface area contributed by atoms with E-state index in [9.17, 15) is 27.6 Å². The summed E-state index contributed by atoms with van der Waals surface area (Å²) in [6.45, 7) is 1.83. The molecule has 0 spiro atoms. The number of hydrogen-bond donors (Lipinski definition) is 2. The van der Waals surface area contributed by atoms with Gasteiger partial charge in [-0.1, -0.05) is 0 Å². The predicted molar refractivity (Wildman–Crippen MR) is 119 cm³/mol. The number of imidazole rings is 1. The number of sulfonamides is 1. The molecule has 0 radical (unpaired) electrons. The van der Waals surface area contributed by atoms with Gasteiger partial charge < -0.3 is 19.7 Å². The van der Waals surface area contributed by atoms with Crippen LogP contribution >= 0.6 is 0 Å². The summed E-state index contributed by atoms with van der Waals surface area (Å²) < 4.78 is 61.7. The molecule has 11 nitrogen and oxygen atoms in total. The zero-order chi connectivity index (χ0) is 25.4. The molecule has 35 heavy (non-hydrogen) atoms. The first-order valence-electron chi connectivity index (χ1n) is 11.2. The van der Waals surface area contributed by atoms with Crippen LogP contribution in [-0.4, -0.2) is 74.1 Å². The first-order chi connectivity index (χ1) is 16.4. The Labute approximate surface area is 201 Å². The van der Waals surface area contributed by atoms with Gasteiger partial charge in [0.2, 0.25) is 11.8 Å². The lowest BCUT2D eigenvalue weighted by Gasteiger charge is -2.40. The Bertz CT molecular complexity index is 1220. The number of nitrogens with zero attached hydrogens (tertiary/aromatic N) is 6. The molecule has 1 aliphatic heterocycles. The van der Waals surface area contributed by atoms with E-state index in [2.05, 4.69) is 20.3 Å². The molecule has 190 valence electrons. The van der Waals surface area contributed by atoms with Gasteiger partial charge in [-0.3, -0.25) is 0 Å². The van der Waals surface area contributed by atoms with Gasteiger partial charge in [-0.25, -0.2) is 27.2 Å². The third-order valence-electron chi connectivity index (χ3n) is 6.28. The molecule has 2 fully saturated rings. The zero-order valence-electron chi connectivity index (χ0n) is 19.4. The summed E-state index contributed by atoms with van der Waals surface area (Å²) in [6.07, 6.45) is 2.87. The second-order valence-corrected chi connectivity index (χ2v) is 11.1. The summed E-state index contributed by atoms with van der Waals surface area (Å²) in [4.78, 5) is 12.3. The van der Waals surface area contributed by atoms with Crippen molar-refractivity contribution in [3.05, 3.63) is 24.3 Å². The van der Waals surface area contributed by atoms with E-state index in [-0.39, 0.29) is 48.0 Å². The number of nitriles is 1. The van der Waals surface area contributed by atoms with E-state index in [1.807, 2.05) is 6.07 Å². The molecular formula is C21H27F2N7O4S. The summed E-state index contributed by atoms with van der Waals surface area (Å²) in [5, 5.41) is 23.0. The lowest BCUT2D eigenvalue weighted by molar-refractivity contribution is -0.162. The molecule has 1 saturated carbocycles. The summed E-state index contributed by atoms with van der Waals surface area (Å²) in [7, 11) is -1.98. The number of nitrogens with one attached hydrogen (secondary N) is 1. The van der Waals surface area contributed by atoms with Crippen LogP contribution in [0.4, 0.5) is 14.7 Å². The van der Waals surface area contributed by atoms with Gasteiger partial charge >= 0.3 is 0 Å². The number of alkyl halides is 2. The maximum absolute atomic E-state index is 13.7. The molecule has 3 heterocycles. The molecule has 2 aromatic rings. The highest BCUT2D eigenvalue weighted by Crippen LogP contribution is 2.41. The molecule has 1 aliphatic carbocycles. The largest absolute Gasteiger partial charge is 0.470 e. The number of hydrogen-bond acceptors (Lipinski definition) is 9. The van der Waals surface area contributed by atoms with Crippen LogP contribution in [0.5, 0.6) is 5.88 Å². The lowest BCUT2D eigenvalue weighted by atomic mass is 9.81. The molecule has 2 aromatic heterocycles. The minimum atomic E-state index is -3.68. The van der Waals surface area contributed by atoms with E-state index in [4.69, 9.17) is 4.74 Å². The van der Waals surface area contributed by atoms with Crippen molar-refractivity contribution in [3.63, 3.8) is 0 Å². The molecule has 1 saturated heterocycles. The predicted octanol–water partition coefficient (Wildman–Crippen LogP) is 1.66. The van der Waals surface area contributed by atoms with Gasteiger partial charge in [-0.2, -0.15) is 14.6 Å². The highest BCUT2D eigenvalue weighted by atomic mass is 32.2. The Hall–Kier alpha value is -2.89. The van der Waals surface area contributed by atoms with Gasteiger partial charge in [0.25, 0.3) is 15.9 Å². The van der Waals surface area contributed by atoms with Gasteiger partial charge in [0.1, 0.15) is 23.3 Å². The fourth-order valence-electron chi connectivity index (χ4n) is 4.38. The van der Waals surface area contributed by atoms with Crippen LogP contribution in [-0.2, 0) is 17.1 Å². The van der Waals surface area contributed by atoms with Crippen molar-refractivity contribution in [2.75, 3.05) is 18.4 Å². The summed E-state index contributed by atoms with van der Waals surface area (Å²) in [5.74, 6) is -2.93. The quantitative estimate of drug-likeness (QED) is 0.591. The van der Waals surface area contributed by atoms with Crippen molar-refractivity contribution >= 4 is 16.0 Å². The maximum Gasteiger partial charge on any atom is 0.262 e. The molecule has 2 atom stereocenters.